The second-order valence-corrected chi connectivity index (χ2v) is 6.45. The molecule has 0 bridgehead atoms. The summed E-state index contributed by atoms with van der Waals surface area (Å²) in [5.41, 5.74) is 3.14. The molecule has 0 aliphatic carbocycles. The fraction of sp³-hybridized carbons (Fsp3) is 0.211. The van der Waals surface area contributed by atoms with Crippen LogP contribution >= 0.6 is 15.9 Å². The Hall–Kier alpha value is -2.38. The van der Waals surface area contributed by atoms with E-state index in [1.165, 1.54) is 20.3 Å². The molecule has 2 rings (SSSR count). The van der Waals surface area contributed by atoms with Crippen LogP contribution in [0, 0.1) is 5.82 Å². The number of anilines is 1. The zero-order valence-corrected chi connectivity index (χ0v) is 16.2. The lowest BCUT2D eigenvalue weighted by Gasteiger charge is -2.20. The fourth-order valence-electron chi connectivity index (χ4n) is 2.78. The third-order valence-corrected chi connectivity index (χ3v) is 4.28. The molecule has 0 spiro atoms. The third kappa shape index (κ3) is 3.89. The molecule has 0 aromatic heterocycles. The van der Waals surface area contributed by atoms with E-state index in [4.69, 9.17) is 4.74 Å². The fourth-order valence-corrected chi connectivity index (χ4v) is 3.21. The van der Waals surface area contributed by atoms with Gasteiger partial charge in [0.1, 0.15) is 0 Å². The molecule has 0 unspecified atom stereocenters. The second-order valence-electron chi connectivity index (χ2n) is 5.54. The molecule has 5 nitrogen and oxygen atoms in total. The quantitative estimate of drug-likeness (QED) is 0.712. The number of hydrogen-bond acceptors (Lipinski definition) is 4. The van der Waals surface area contributed by atoms with Crippen LogP contribution in [0.5, 0.6) is 5.75 Å². The molecule has 2 N–H and O–H groups in total. The molecule has 0 saturated heterocycles. The molecule has 0 saturated carbocycles. The Morgan fingerprint density at radius 3 is 2.54 bits per heavy atom. The Morgan fingerprint density at radius 2 is 2.00 bits per heavy atom. The predicted octanol–water partition coefficient (Wildman–Crippen LogP) is 4.97. The van der Waals surface area contributed by atoms with Crippen LogP contribution in [0.3, 0.4) is 0 Å². The molecule has 26 heavy (non-hydrogen) atoms. The monoisotopic (exact) mass is 423 g/mol. The minimum atomic E-state index is -0.643. The molecule has 2 aromatic carbocycles. The molecule has 7 heteroatoms. The van der Waals surface area contributed by atoms with Crippen molar-refractivity contribution >= 4 is 33.3 Å². The van der Waals surface area contributed by atoms with Gasteiger partial charge in [-0.3, -0.25) is 5.32 Å². The molecule has 0 fully saturated rings. The molecule has 1 amide bonds. The van der Waals surface area contributed by atoms with Crippen molar-refractivity contribution in [2.45, 2.75) is 13.5 Å². The van der Waals surface area contributed by atoms with Crippen LogP contribution in [-0.4, -0.2) is 25.4 Å². The van der Waals surface area contributed by atoms with Gasteiger partial charge in [0, 0.05) is 15.6 Å². The lowest BCUT2D eigenvalue weighted by Crippen LogP contribution is -2.13. The topological polar surface area (TPSA) is 67.8 Å². The zero-order chi connectivity index (χ0) is 19.4. The molecular weight excluding hydrogens is 405 g/mol. The molecule has 0 aliphatic heterocycles. The van der Waals surface area contributed by atoms with Crippen LogP contribution in [0.1, 0.15) is 18.1 Å². The summed E-state index contributed by atoms with van der Waals surface area (Å²) >= 11 is 3.27. The van der Waals surface area contributed by atoms with Crippen LogP contribution in [0.25, 0.3) is 16.7 Å². The lowest BCUT2D eigenvalue weighted by molar-refractivity contribution is 0.187. The number of methoxy groups -OCH3 is 2. The maximum absolute atomic E-state index is 14.3. The number of carbonyl (C=O) groups is 1. The van der Waals surface area contributed by atoms with Crippen LogP contribution in [0.15, 0.2) is 35.3 Å². The van der Waals surface area contributed by atoms with Gasteiger partial charge in [0.2, 0.25) is 0 Å². The van der Waals surface area contributed by atoms with Crippen molar-refractivity contribution in [3.63, 3.8) is 0 Å². The van der Waals surface area contributed by atoms with Crippen LogP contribution in [-0.2, 0) is 11.3 Å². The average molecular weight is 424 g/mol. The van der Waals surface area contributed by atoms with E-state index < -0.39 is 11.9 Å². The van der Waals surface area contributed by atoms with Gasteiger partial charge in [-0.15, -0.1) is 0 Å². The van der Waals surface area contributed by atoms with Gasteiger partial charge < -0.3 is 14.6 Å². The SMILES string of the molecule is C=C(C)c1c(NC(=O)OC)ccc(-c2cc(Br)cc(F)c2OC)c1CO. The Kier molecular flexibility index (Phi) is 6.39. The highest BCUT2D eigenvalue weighted by molar-refractivity contribution is 9.10. The van der Waals surface area contributed by atoms with Crippen LogP contribution < -0.4 is 10.1 Å². The molecule has 0 radical (unpaired) electrons. The van der Waals surface area contributed by atoms with E-state index in [-0.39, 0.29) is 12.4 Å². The Bertz CT molecular complexity index is 867. The Balaban J connectivity index is 2.78. The first-order valence-electron chi connectivity index (χ1n) is 7.65. The third-order valence-electron chi connectivity index (χ3n) is 3.82. The number of allylic oxidation sites excluding steroid dienone is 1. The van der Waals surface area contributed by atoms with E-state index in [9.17, 15) is 14.3 Å². The maximum Gasteiger partial charge on any atom is 0.411 e. The van der Waals surface area contributed by atoms with Gasteiger partial charge >= 0.3 is 6.09 Å². The minimum absolute atomic E-state index is 0.0595. The average Bonchev–Trinajstić information content (AvgIpc) is 2.60. The molecular formula is C19H19BrFNO4. The smallest absolute Gasteiger partial charge is 0.411 e. The summed E-state index contributed by atoms with van der Waals surface area (Å²) in [7, 11) is 2.63. The number of amides is 1. The Morgan fingerprint density at radius 1 is 1.31 bits per heavy atom. The van der Waals surface area contributed by atoms with Gasteiger partial charge in [0.05, 0.1) is 26.5 Å². The van der Waals surface area contributed by atoms with Gasteiger partial charge in [-0.1, -0.05) is 28.6 Å². The van der Waals surface area contributed by atoms with Gasteiger partial charge in [-0.25, -0.2) is 9.18 Å². The molecule has 0 atom stereocenters. The van der Waals surface area contributed by atoms with Crippen molar-refractivity contribution in [2.24, 2.45) is 0 Å². The molecule has 0 heterocycles. The Labute approximate surface area is 159 Å². The highest BCUT2D eigenvalue weighted by Crippen LogP contribution is 2.41. The summed E-state index contributed by atoms with van der Waals surface area (Å²) in [4.78, 5) is 11.6. The van der Waals surface area contributed by atoms with Crippen molar-refractivity contribution < 1.29 is 23.8 Å². The first-order chi connectivity index (χ1) is 12.3. The maximum atomic E-state index is 14.3. The van der Waals surface area contributed by atoms with E-state index in [2.05, 4.69) is 32.6 Å². The van der Waals surface area contributed by atoms with Crippen LogP contribution in [0.4, 0.5) is 14.9 Å². The summed E-state index contributed by atoms with van der Waals surface area (Å²) in [6.07, 6.45) is -0.643. The first kappa shape index (κ1) is 19.9. The zero-order valence-electron chi connectivity index (χ0n) is 14.7. The van der Waals surface area contributed by atoms with Crippen LogP contribution in [0.2, 0.25) is 0 Å². The number of ether oxygens (including phenoxy) is 2. The molecule has 138 valence electrons. The number of aliphatic hydroxyl groups is 1. The summed E-state index contributed by atoms with van der Waals surface area (Å²) in [5.74, 6) is -0.473. The van der Waals surface area contributed by atoms with Crippen molar-refractivity contribution in [3.8, 4) is 16.9 Å². The van der Waals surface area contributed by atoms with Crippen molar-refractivity contribution in [1.29, 1.82) is 0 Å². The second kappa shape index (κ2) is 8.33. The van der Waals surface area contributed by atoms with E-state index in [1.807, 2.05) is 0 Å². The van der Waals surface area contributed by atoms with E-state index in [1.54, 1.807) is 25.1 Å². The predicted molar refractivity (Wildman–Crippen MR) is 103 cm³/mol. The summed E-state index contributed by atoms with van der Waals surface area (Å²) in [6, 6.07) is 6.32. The lowest BCUT2D eigenvalue weighted by atomic mass is 9.91. The largest absolute Gasteiger partial charge is 0.493 e. The van der Waals surface area contributed by atoms with Gasteiger partial charge in [0.25, 0.3) is 0 Å². The van der Waals surface area contributed by atoms with Crippen molar-refractivity contribution in [2.75, 3.05) is 19.5 Å². The summed E-state index contributed by atoms with van der Waals surface area (Å²) in [5, 5.41) is 12.6. The van der Waals surface area contributed by atoms with E-state index in [0.717, 1.165) is 0 Å². The number of carbonyl (C=O) groups excluding carboxylic acids is 1. The van der Waals surface area contributed by atoms with Crippen molar-refractivity contribution in [3.05, 3.63) is 52.3 Å². The highest BCUT2D eigenvalue weighted by Gasteiger charge is 2.20. The summed E-state index contributed by atoms with van der Waals surface area (Å²) in [6.45, 7) is 5.33. The minimum Gasteiger partial charge on any atom is -0.493 e. The molecule has 2 aromatic rings. The van der Waals surface area contributed by atoms with Gasteiger partial charge in [0.15, 0.2) is 11.6 Å². The number of benzene rings is 2. The number of halogens is 2. The van der Waals surface area contributed by atoms with E-state index in [0.29, 0.717) is 38.0 Å². The van der Waals surface area contributed by atoms with Gasteiger partial charge in [-0.05, 0) is 41.8 Å². The first-order valence-corrected chi connectivity index (χ1v) is 8.44. The van der Waals surface area contributed by atoms with Crippen molar-refractivity contribution in [1.82, 2.24) is 0 Å². The van der Waals surface area contributed by atoms with E-state index >= 15 is 0 Å². The number of hydrogen-bond donors (Lipinski definition) is 2. The summed E-state index contributed by atoms with van der Waals surface area (Å²) < 4.78 is 24.6. The van der Waals surface area contributed by atoms with Gasteiger partial charge in [-0.2, -0.15) is 0 Å². The standard InChI is InChI=1S/C19H19BrFNO4/c1-10(2)17-14(9-23)12(5-6-16(17)22-19(24)26-4)13-7-11(20)8-15(21)18(13)25-3/h5-8,23H,1,9H2,2-4H3,(H,22,24). The molecule has 0 aliphatic rings. The normalized spacial score (nSPS) is 10.4. The highest BCUT2D eigenvalue weighted by atomic mass is 79.9. The number of rotatable bonds is 5. The number of nitrogens with one attached hydrogen (secondary N) is 1. The number of aliphatic hydroxyl groups excluding tert-OH is 1.